The lowest BCUT2D eigenvalue weighted by Crippen LogP contribution is -2.10. The SMILES string of the molecule is CNCc1nc(C)cc(-c2cc(F)ccc2OC)n1. The highest BCUT2D eigenvalue weighted by Crippen LogP contribution is 2.29. The average molecular weight is 261 g/mol. The van der Waals surface area contributed by atoms with E-state index >= 15 is 0 Å². The summed E-state index contributed by atoms with van der Waals surface area (Å²) < 4.78 is 18.7. The Balaban J connectivity index is 2.54. The van der Waals surface area contributed by atoms with Crippen molar-refractivity contribution >= 4 is 0 Å². The van der Waals surface area contributed by atoms with Crippen LogP contribution in [0, 0.1) is 12.7 Å². The van der Waals surface area contributed by atoms with E-state index in [0.29, 0.717) is 29.4 Å². The van der Waals surface area contributed by atoms with Crippen molar-refractivity contribution in [3.8, 4) is 17.0 Å². The molecule has 0 bridgehead atoms. The van der Waals surface area contributed by atoms with E-state index in [1.54, 1.807) is 13.2 Å². The number of benzene rings is 1. The molecule has 0 aliphatic heterocycles. The molecule has 100 valence electrons. The lowest BCUT2D eigenvalue weighted by atomic mass is 10.1. The molecule has 0 radical (unpaired) electrons. The number of hydrogen-bond donors (Lipinski definition) is 1. The second kappa shape index (κ2) is 5.75. The molecule has 1 heterocycles. The van der Waals surface area contributed by atoms with Gasteiger partial charge in [-0.1, -0.05) is 0 Å². The molecule has 0 atom stereocenters. The first kappa shape index (κ1) is 13.4. The van der Waals surface area contributed by atoms with Gasteiger partial charge in [-0.05, 0) is 38.2 Å². The van der Waals surface area contributed by atoms with Gasteiger partial charge in [0.1, 0.15) is 17.4 Å². The molecule has 1 aromatic heterocycles. The second-order valence-corrected chi connectivity index (χ2v) is 4.19. The van der Waals surface area contributed by atoms with E-state index < -0.39 is 0 Å². The van der Waals surface area contributed by atoms with Gasteiger partial charge in [-0.15, -0.1) is 0 Å². The molecule has 0 saturated carbocycles. The number of aromatic nitrogens is 2. The van der Waals surface area contributed by atoms with E-state index in [1.165, 1.54) is 12.1 Å². The minimum Gasteiger partial charge on any atom is -0.496 e. The number of ether oxygens (including phenoxy) is 1. The third-order valence-corrected chi connectivity index (χ3v) is 2.67. The van der Waals surface area contributed by atoms with Gasteiger partial charge >= 0.3 is 0 Å². The molecule has 2 aromatic rings. The Bertz CT molecular complexity index is 587. The van der Waals surface area contributed by atoms with Crippen LogP contribution in [0.5, 0.6) is 5.75 Å². The summed E-state index contributed by atoms with van der Waals surface area (Å²) in [6.45, 7) is 2.45. The summed E-state index contributed by atoms with van der Waals surface area (Å²) in [5, 5.41) is 3.00. The van der Waals surface area contributed by atoms with Gasteiger partial charge in [0.2, 0.25) is 0 Å². The number of nitrogens with zero attached hydrogens (tertiary/aromatic N) is 2. The van der Waals surface area contributed by atoms with Crippen molar-refractivity contribution in [2.24, 2.45) is 0 Å². The summed E-state index contributed by atoms with van der Waals surface area (Å²) in [6.07, 6.45) is 0. The molecule has 0 aliphatic rings. The normalized spacial score (nSPS) is 10.5. The molecular formula is C14H16FN3O. The van der Waals surface area contributed by atoms with Gasteiger partial charge < -0.3 is 10.1 Å². The maximum absolute atomic E-state index is 13.4. The number of aryl methyl sites for hydroxylation is 1. The van der Waals surface area contributed by atoms with Crippen LogP contribution < -0.4 is 10.1 Å². The first-order valence-corrected chi connectivity index (χ1v) is 5.97. The van der Waals surface area contributed by atoms with Crippen LogP contribution in [-0.4, -0.2) is 24.1 Å². The van der Waals surface area contributed by atoms with Gasteiger partial charge in [-0.3, -0.25) is 0 Å². The van der Waals surface area contributed by atoms with Crippen LogP contribution in [-0.2, 0) is 6.54 Å². The molecule has 0 amide bonds. The van der Waals surface area contributed by atoms with E-state index in [2.05, 4.69) is 15.3 Å². The Kier molecular flexibility index (Phi) is 4.06. The fourth-order valence-corrected chi connectivity index (χ4v) is 1.89. The molecule has 0 spiro atoms. The largest absolute Gasteiger partial charge is 0.496 e. The van der Waals surface area contributed by atoms with E-state index in [1.807, 2.05) is 20.0 Å². The topological polar surface area (TPSA) is 47.0 Å². The Morgan fingerprint density at radius 3 is 2.74 bits per heavy atom. The van der Waals surface area contributed by atoms with Crippen LogP contribution in [0.2, 0.25) is 0 Å². The minimum absolute atomic E-state index is 0.317. The third kappa shape index (κ3) is 3.06. The van der Waals surface area contributed by atoms with Crippen molar-refractivity contribution in [3.63, 3.8) is 0 Å². The first-order chi connectivity index (χ1) is 9.13. The van der Waals surface area contributed by atoms with Crippen LogP contribution in [0.4, 0.5) is 4.39 Å². The molecule has 1 aromatic carbocycles. The third-order valence-electron chi connectivity index (χ3n) is 2.67. The molecular weight excluding hydrogens is 245 g/mol. The van der Waals surface area contributed by atoms with Crippen LogP contribution in [0.1, 0.15) is 11.5 Å². The zero-order chi connectivity index (χ0) is 13.8. The van der Waals surface area contributed by atoms with Gasteiger partial charge in [-0.2, -0.15) is 0 Å². The molecule has 4 nitrogen and oxygen atoms in total. The predicted molar refractivity (Wildman–Crippen MR) is 71.5 cm³/mol. The van der Waals surface area contributed by atoms with Gasteiger partial charge in [0, 0.05) is 11.3 Å². The summed E-state index contributed by atoms with van der Waals surface area (Å²) in [6, 6.07) is 6.20. The molecule has 0 saturated heterocycles. The summed E-state index contributed by atoms with van der Waals surface area (Å²) in [5.74, 6) is 0.945. The number of methoxy groups -OCH3 is 1. The highest BCUT2D eigenvalue weighted by Gasteiger charge is 2.11. The first-order valence-electron chi connectivity index (χ1n) is 5.97. The summed E-state index contributed by atoms with van der Waals surface area (Å²) in [5.41, 5.74) is 2.13. The zero-order valence-electron chi connectivity index (χ0n) is 11.2. The lowest BCUT2D eigenvalue weighted by molar-refractivity contribution is 0.415. The average Bonchev–Trinajstić information content (AvgIpc) is 2.38. The lowest BCUT2D eigenvalue weighted by Gasteiger charge is -2.10. The molecule has 5 heteroatoms. The van der Waals surface area contributed by atoms with E-state index in [4.69, 9.17) is 4.74 Å². The van der Waals surface area contributed by atoms with Gasteiger partial charge in [0.15, 0.2) is 0 Å². The van der Waals surface area contributed by atoms with Crippen molar-refractivity contribution < 1.29 is 9.13 Å². The molecule has 2 rings (SSSR count). The fraction of sp³-hybridized carbons (Fsp3) is 0.286. The Morgan fingerprint density at radius 1 is 1.26 bits per heavy atom. The van der Waals surface area contributed by atoms with E-state index in [0.717, 1.165) is 5.69 Å². The maximum atomic E-state index is 13.4. The second-order valence-electron chi connectivity index (χ2n) is 4.19. The number of halogens is 1. The number of rotatable bonds is 4. The van der Waals surface area contributed by atoms with Crippen molar-refractivity contribution in [1.29, 1.82) is 0 Å². The fourth-order valence-electron chi connectivity index (χ4n) is 1.89. The van der Waals surface area contributed by atoms with Crippen molar-refractivity contribution in [2.75, 3.05) is 14.2 Å². The van der Waals surface area contributed by atoms with Gasteiger partial charge in [0.25, 0.3) is 0 Å². The van der Waals surface area contributed by atoms with Gasteiger partial charge in [0.05, 0.1) is 19.3 Å². The highest BCUT2D eigenvalue weighted by atomic mass is 19.1. The highest BCUT2D eigenvalue weighted by molar-refractivity contribution is 5.67. The van der Waals surface area contributed by atoms with Crippen LogP contribution in [0.3, 0.4) is 0 Å². The standard InChI is InChI=1S/C14H16FN3O/c1-9-6-12(18-14(17-9)8-16-2)11-7-10(15)4-5-13(11)19-3/h4-7,16H,8H2,1-3H3. The van der Waals surface area contributed by atoms with Crippen molar-refractivity contribution in [3.05, 3.63) is 41.6 Å². The van der Waals surface area contributed by atoms with Crippen LogP contribution in [0.15, 0.2) is 24.3 Å². The molecule has 0 aliphatic carbocycles. The molecule has 0 unspecified atom stereocenters. The Hall–Kier alpha value is -2.01. The summed E-state index contributed by atoms with van der Waals surface area (Å²) in [7, 11) is 3.38. The molecule has 19 heavy (non-hydrogen) atoms. The minimum atomic E-state index is -0.317. The molecule has 0 fully saturated rings. The van der Waals surface area contributed by atoms with E-state index in [-0.39, 0.29) is 5.82 Å². The van der Waals surface area contributed by atoms with Crippen molar-refractivity contribution in [1.82, 2.24) is 15.3 Å². The van der Waals surface area contributed by atoms with Crippen LogP contribution >= 0.6 is 0 Å². The van der Waals surface area contributed by atoms with Crippen molar-refractivity contribution in [2.45, 2.75) is 13.5 Å². The molecule has 1 N–H and O–H groups in total. The maximum Gasteiger partial charge on any atom is 0.143 e. The quantitative estimate of drug-likeness (QED) is 0.917. The summed E-state index contributed by atoms with van der Waals surface area (Å²) in [4.78, 5) is 8.74. The Labute approximate surface area is 111 Å². The zero-order valence-corrected chi connectivity index (χ0v) is 11.2. The number of hydrogen-bond acceptors (Lipinski definition) is 4. The number of nitrogens with one attached hydrogen (secondary N) is 1. The smallest absolute Gasteiger partial charge is 0.143 e. The van der Waals surface area contributed by atoms with Crippen LogP contribution in [0.25, 0.3) is 11.3 Å². The monoisotopic (exact) mass is 261 g/mol. The Morgan fingerprint density at radius 2 is 2.05 bits per heavy atom. The summed E-state index contributed by atoms with van der Waals surface area (Å²) >= 11 is 0. The predicted octanol–water partition coefficient (Wildman–Crippen LogP) is 2.32. The van der Waals surface area contributed by atoms with E-state index in [9.17, 15) is 4.39 Å². The van der Waals surface area contributed by atoms with Gasteiger partial charge in [-0.25, -0.2) is 14.4 Å².